The lowest BCUT2D eigenvalue weighted by molar-refractivity contribution is 0.275. The van der Waals surface area contributed by atoms with Gasteiger partial charge in [-0.25, -0.2) is 15.4 Å². The molecule has 0 radical (unpaired) electrons. The predicted molar refractivity (Wildman–Crippen MR) is 56.6 cm³/mol. The lowest BCUT2D eigenvalue weighted by Crippen LogP contribution is -2.16. The van der Waals surface area contributed by atoms with Crippen molar-refractivity contribution in [2.75, 3.05) is 5.43 Å². The van der Waals surface area contributed by atoms with Crippen molar-refractivity contribution >= 4 is 24.9 Å². The molecule has 0 aromatic carbocycles. The second-order valence-electron chi connectivity index (χ2n) is 2.67. The minimum Gasteiger partial charge on any atom is -0.339 e. The summed E-state index contributed by atoms with van der Waals surface area (Å²) in [5, 5.41) is 0. The first-order valence-electron chi connectivity index (χ1n) is 3.99. The van der Waals surface area contributed by atoms with Gasteiger partial charge in [-0.15, -0.1) is 0 Å². The van der Waals surface area contributed by atoms with E-state index in [9.17, 15) is 4.79 Å². The van der Waals surface area contributed by atoms with Gasteiger partial charge >= 0.3 is 7.82 Å². The topological polar surface area (TPSA) is 190 Å². The summed E-state index contributed by atoms with van der Waals surface area (Å²) in [7, 11) is -4.64. The monoisotopic (exact) mass is 264 g/mol. The molecule has 2 aromatic heterocycles. The van der Waals surface area contributed by atoms with Gasteiger partial charge in [0.2, 0.25) is 5.95 Å². The van der Waals surface area contributed by atoms with Crippen LogP contribution in [0.4, 0.5) is 5.95 Å². The number of hydrogen-bond donors (Lipinski definition) is 7. The number of nitrogens with zero attached hydrogens (tertiary/aromatic N) is 2. The van der Waals surface area contributed by atoms with Crippen LogP contribution in [0.5, 0.6) is 0 Å². The second-order valence-corrected chi connectivity index (χ2v) is 3.70. The molecule has 0 aliphatic carbocycles. The minimum atomic E-state index is -4.64. The Labute approximate surface area is 92.9 Å². The van der Waals surface area contributed by atoms with E-state index >= 15 is 0 Å². The molecule has 0 unspecified atom stereocenters. The fourth-order valence-corrected chi connectivity index (χ4v) is 0.911. The number of aromatic nitrogens is 4. The number of nitrogens with one attached hydrogen (secondary N) is 3. The molecule has 0 spiro atoms. The third kappa shape index (κ3) is 4.30. The van der Waals surface area contributed by atoms with Gasteiger partial charge in [0.25, 0.3) is 5.56 Å². The third-order valence-corrected chi connectivity index (χ3v) is 1.43. The van der Waals surface area contributed by atoms with Crippen LogP contribution < -0.4 is 16.8 Å². The van der Waals surface area contributed by atoms with Crippen molar-refractivity contribution in [3.63, 3.8) is 0 Å². The van der Waals surface area contributed by atoms with Crippen LogP contribution in [0.15, 0.2) is 11.1 Å². The first-order valence-corrected chi connectivity index (χ1v) is 5.56. The highest BCUT2D eigenvalue weighted by molar-refractivity contribution is 7.45. The number of hydrogen-bond acceptors (Lipinski definition) is 6. The number of fused-ring (bicyclic) bond motifs is 1. The van der Waals surface area contributed by atoms with Gasteiger partial charge < -0.3 is 19.7 Å². The van der Waals surface area contributed by atoms with Gasteiger partial charge in [0, 0.05) is 0 Å². The largest absolute Gasteiger partial charge is 0.466 e. The van der Waals surface area contributed by atoms with Gasteiger partial charge in [-0.2, -0.15) is 4.98 Å². The lowest BCUT2D eigenvalue weighted by Gasteiger charge is -1.95. The van der Waals surface area contributed by atoms with Gasteiger partial charge in [-0.1, -0.05) is 0 Å². The van der Waals surface area contributed by atoms with Gasteiger partial charge in [-0.05, 0) is 0 Å². The quantitative estimate of drug-likeness (QED) is 0.173. The molecule has 2 aromatic rings. The van der Waals surface area contributed by atoms with Crippen molar-refractivity contribution in [1.82, 2.24) is 19.9 Å². The van der Waals surface area contributed by atoms with Crippen molar-refractivity contribution in [2.45, 2.75) is 0 Å². The van der Waals surface area contributed by atoms with E-state index in [0.29, 0.717) is 11.2 Å². The SMILES string of the molecule is NNc1nc2nc[nH]c2c(=O)[nH]1.O=P(O)(O)O. The molecule has 11 nitrogen and oxygen atoms in total. The Morgan fingerprint density at radius 3 is 2.53 bits per heavy atom. The summed E-state index contributed by atoms with van der Waals surface area (Å²) in [6, 6.07) is 0. The summed E-state index contributed by atoms with van der Waals surface area (Å²) >= 11 is 0. The highest BCUT2D eigenvalue weighted by atomic mass is 31.2. The normalized spacial score (nSPS) is 10.8. The number of anilines is 1. The first-order chi connectivity index (χ1) is 7.81. The van der Waals surface area contributed by atoms with Crippen LogP contribution >= 0.6 is 7.82 Å². The van der Waals surface area contributed by atoms with Crippen LogP contribution in [0.25, 0.3) is 11.2 Å². The Bertz CT molecular complexity index is 592. The molecule has 0 atom stereocenters. The molecule has 0 fully saturated rings. The number of nitrogen functional groups attached to an aromatic ring is 1. The number of rotatable bonds is 1. The van der Waals surface area contributed by atoms with Gasteiger partial charge in [0.15, 0.2) is 11.2 Å². The van der Waals surface area contributed by atoms with Crippen LogP contribution in [0.3, 0.4) is 0 Å². The Kier molecular flexibility index (Phi) is 3.93. The predicted octanol–water partition coefficient (Wildman–Crippen LogP) is -2.00. The van der Waals surface area contributed by atoms with Crippen LogP contribution in [0.1, 0.15) is 0 Å². The number of aromatic amines is 2. The van der Waals surface area contributed by atoms with Crippen LogP contribution in [0.2, 0.25) is 0 Å². The minimum absolute atomic E-state index is 0.194. The van der Waals surface area contributed by atoms with Crippen molar-refractivity contribution in [1.29, 1.82) is 0 Å². The van der Waals surface area contributed by atoms with E-state index in [1.165, 1.54) is 6.33 Å². The number of phosphoric acid groups is 1. The maximum atomic E-state index is 11.2. The fourth-order valence-electron chi connectivity index (χ4n) is 0.911. The van der Waals surface area contributed by atoms with E-state index < -0.39 is 7.82 Å². The average molecular weight is 264 g/mol. The maximum absolute atomic E-state index is 11.2. The van der Waals surface area contributed by atoms with Crippen LogP contribution in [-0.2, 0) is 4.57 Å². The number of imidazole rings is 1. The molecule has 2 rings (SSSR count). The number of hydrazine groups is 1. The number of nitrogens with two attached hydrogens (primary N) is 1. The Balaban J connectivity index is 0.000000249. The van der Waals surface area contributed by atoms with Crippen LogP contribution in [0, 0.1) is 0 Å². The molecule has 0 saturated carbocycles. The van der Waals surface area contributed by atoms with E-state index in [-0.39, 0.29) is 11.5 Å². The van der Waals surface area contributed by atoms with E-state index in [1.807, 2.05) is 0 Å². The van der Waals surface area contributed by atoms with Gasteiger partial charge in [0.05, 0.1) is 6.33 Å². The molecule has 0 aliphatic heterocycles. The van der Waals surface area contributed by atoms with E-state index in [4.69, 9.17) is 25.1 Å². The molecule has 0 amide bonds. The molecule has 2 heterocycles. The third-order valence-electron chi connectivity index (χ3n) is 1.43. The lowest BCUT2D eigenvalue weighted by atomic mass is 10.5. The Morgan fingerprint density at radius 2 is 2.00 bits per heavy atom. The van der Waals surface area contributed by atoms with Gasteiger partial charge in [-0.3, -0.25) is 15.2 Å². The molecule has 0 aliphatic rings. The zero-order valence-corrected chi connectivity index (χ0v) is 9.05. The maximum Gasteiger partial charge on any atom is 0.466 e. The van der Waals surface area contributed by atoms with Crippen molar-refractivity contribution in [3.05, 3.63) is 16.7 Å². The Morgan fingerprint density at radius 1 is 1.41 bits per heavy atom. The summed E-state index contributed by atoms with van der Waals surface area (Å²) < 4.78 is 8.88. The van der Waals surface area contributed by atoms with Crippen LogP contribution in [-0.4, -0.2) is 34.6 Å². The molecule has 0 saturated heterocycles. The molecular formula is C5H9N6O5P. The molecule has 8 N–H and O–H groups in total. The molecule has 17 heavy (non-hydrogen) atoms. The molecule has 94 valence electrons. The Hall–Kier alpha value is -1.78. The molecule has 12 heteroatoms. The zero-order chi connectivity index (χ0) is 13.1. The summed E-state index contributed by atoms with van der Waals surface area (Å²) in [4.78, 5) is 45.5. The molecular weight excluding hydrogens is 255 g/mol. The second kappa shape index (κ2) is 5.03. The highest BCUT2D eigenvalue weighted by Crippen LogP contribution is 2.25. The molecule has 0 bridgehead atoms. The highest BCUT2D eigenvalue weighted by Gasteiger charge is 2.03. The summed E-state index contributed by atoms with van der Waals surface area (Å²) in [5.74, 6) is 5.25. The van der Waals surface area contributed by atoms with E-state index in [2.05, 4.69) is 25.4 Å². The first kappa shape index (κ1) is 13.3. The summed E-state index contributed by atoms with van der Waals surface area (Å²) in [5.41, 5.74) is 2.61. The van der Waals surface area contributed by atoms with Crippen molar-refractivity contribution in [2.24, 2.45) is 5.84 Å². The standard InChI is InChI=1S/C5H6N6O.H3O4P/c6-11-5-9-3-2(4(12)10-5)7-1-8-3;1-5(2,3)4/h1H,6H2,(H3,7,8,9,10,11,12);(H3,1,2,3,4). The average Bonchev–Trinajstić information content (AvgIpc) is 2.63. The number of H-pyrrole nitrogens is 2. The fraction of sp³-hybridized carbons (Fsp3) is 0. The van der Waals surface area contributed by atoms with Crippen molar-refractivity contribution in [3.8, 4) is 0 Å². The van der Waals surface area contributed by atoms with Gasteiger partial charge in [0.1, 0.15) is 0 Å². The summed E-state index contributed by atoms with van der Waals surface area (Å²) in [6.07, 6.45) is 1.40. The van der Waals surface area contributed by atoms with Crippen molar-refractivity contribution < 1.29 is 19.2 Å². The summed E-state index contributed by atoms with van der Waals surface area (Å²) in [6.45, 7) is 0. The van der Waals surface area contributed by atoms with E-state index in [1.54, 1.807) is 0 Å². The zero-order valence-electron chi connectivity index (χ0n) is 8.15. The van der Waals surface area contributed by atoms with E-state index in [0.717, 1.165) is 0 Å². The smallest absolute Gasteiger partial charge is 0.339 e.